The minimum atomic E-state index is -0.244. The van der Waals surface area contributed by atoms with Gasteiger partial charge in [0.1, 0.15) is 0 Å². The third kappa shape index (κ3) is 5.31. The molecule has 3 aromatic carbocycles. The molecule has 0 aliphatic carbocycles. The number of carbonyl (C=O) groups excluding carboxylic acids is 1. The lowest BCUT2D eigenvalue weighted by molar-refractivity contribution is -0.111. The standard InChI is InChI=1S/C29H25N5O2/c1-20-8-11-23(12-9-20)28-25(18-34(33-28)17-22-6-4-3-5-7-22)14-15-27(35)31-26-16-24(13-10-21(26)2)29-32-30-19-36-29/h3-16,18-19H,17H2,1-2H3,(H,31,35). The van der Waals surface area contributed by atoms with Crippen molar-refractivity contribution in [3.05, 3.63) is 114 Å². The number of rotatable bonds is 7. The molecule has 2 heterocycles. The predicted molar refractivity (Wildman–Crippen MR) is 140 cm³/mol. The summed E-state index contributed by atoms with van der Waals surface area (Å²) in [6.07, 6.45) is 6.57. The first-order valence-electron chi connectivity index (χ1n) is 11.6. The molecule has 0 aliphatic heterocycles. The molecule has 1 N–H and O–H groups in total. The third-order valence-corrected chi connectivity index (χ3v) is 5.82. The summed E-state index contributed by atoms with van der Waals surface area (Å²) in [5.41, 5.74) is 7.36. The Balaban J connectivity index is 1.40. The Labute approximate surface area is 209 Å². The van der Waals surface area contributed by atoms with Crippen molar-refractivity contribution in [1.29, 1.82) is 0 Å². The molecule has 178 valence electrons. The minimum absolute atomic E-state index is 0.244. The zero-order valence-electron chi connectivity index (χ0n) is 20.1. The monoisotopic (exact) mass is 475 g/mol. The number of aryl methyl sites for hydroxylation is 2. The van der Waals surface area contributed by atoms with Crippen molar-refractivity contribution >= 4 is 17.7 Å². The smallest absolute Gasteiger partial charge is 0.248 e. The highest BCUT2D eigenvalue weighted by Gasteiger charge is 2.12. The van der Waals surface area contributed by atoms with Gasteiger partial charge in [-0.1, -0.05) is 66.2 Å². The second-order valence-electron chi connectivity index (χ2n) is 8.58. The van der Waals surface area contributed by atoms with Gasteiger partial charge in [-0.3, -0.25) is 9.48 Å². The van der Waals surface area contributed by atoms with E-state index in [0.29, 0.717) is 18.1 Å². The zero-order valence-corrected chi connectivity index (χ0v) is 20.1. The van der Waals surface area contributed by atoms with E-state index in [-0.39, 0.29) is 5.91 Å². The number of anilines is 1. The van der Waals surface area contributed by atoms with Crippen LogP contribution in [0.2, 0.25) is 0 Å². The van der Waals surface area contributed by atoms with E-state index in [1.54, 1.807) is 6.08 Å². The van der Waals surface area contributed by atoms with Crippen LogP contribution in [0.1, 0.15) is 22.3 Å². The maximum atomic E-state index is 12.8. The predicted octanol–water partition coefficient (Wildman–Crippen LogP) is 5.92. The van der Waals surface area contributed by atoms with Crippen molar-refractivity contribution < 1.29 is 9.21 Å². The third-order valence-electron chi connectivity index (χ3n) is 5.82. The van der Waals surface area contributed by atoms with Crippen LogP contribution in [0.5, 0.6) is 0 Å². The second kappa shape index (κ2) is 10.2. The summed E-state index contributed by atoms with van der Waals surface area (Å²) in [5, 5.41) is 15.4. The van der Waals surface area contributed by atoms with Gasteiger partial charge in [0.25, 0.3) is 0 Å². The Morgan fingerprint density at radius 1 is 1.00 bits per heavy atom. The van der Waals surface area contributed by atoms with Gasteiger partial charge >= 0.3 is 0 Å². The fourth-order valence-corrected chi connectivity index (χ4v) is 3.87. The van der Waals surface area contributed by atoms with E-state index in [9.17, 15) is 4.79 Å². The van der Waals surface area contributed by atoms with Crippen LogP contribution in [0.4, 0.5) is 5.69 Å². The van der Waals surface area contributed by atoms with Crippen LogP contribution in [0.25, 0.3) is 28.8 Å². The van der Waals surface area contributed by atoms with Crippen molar-refractivity contribution in [2.75, 3.05) is 5.32 Å². The van der Waals surface area contributed by atoms with E-state index in [2.05, 4.69) is 46.7 Å². The van der Waals surface area contributed by atoms with Gasteiger partial charge < -0.3 is 9.73 Å². The largest absolute Gasteiger partial charge is 0.423 e. The molecule has 1 amide bonds. The first-order chi connectivity index (χ1) is 17.5. The molecular formula is C29H25N5O2. The Bertz CT molecular complexity index is 1500. The van der Waals surface area contributed by atoms with Crippen molar-refractivity contribution in [2.24, 2.45) is 0 Å². The van der Waals surface area contributed by atoms with E-state index < -0.39 is 0 Å². The van der Waals surface area contributed by atoms with Crippen LogP contribution in [-0.2, 0) is 11.3 Å². The maximum Gasteiger partial charge on any atom is 0.248 e. The number of carbonyl (C=O) groups is 1. The molecule has 2 aromatic heterocycles. The molecule has 0 unspecified atom stereocenters. The topological polar surface area (TPSA) is 85.8 Å². The molecule has 0 bridgehead atoms. The molecule has 36 heavy (non-hydrogen) atoms. The Hall–Kier alpha value is -4.78. The summed E-state index contributed by atoms with van der Waals surface area (Å²) in [6, 6.07) is 24.0. The van der Waals surface area contributed by atoms with E-state index in [1.807, 2.05) is 66.3 Å². The number of hydrogen-bond donors (Lipinski definition) is 1. The molecular weight excluding hydrogens is 450 g/mol. The first-order valence-corrected chi connectivity index (χ1v) is 11.6. The highest BCUT2D eigenvalue weighted by molar-refractivity contribution is 6.03. The zero-order chi connectivity index (χ0) is 24.9. The van der Waals surface area contributed by atoms with E-state index >= 15 is 0 Å². The van der Waals surface area contributed by atoms with Crippen LogP contribution < -0.4 is 5.32 Å². The van der Waals surface area contributed by atoms with E-state index in [0.717, 1.165) is 33.5 Å². The Morgan fingerprint density at radius 2 is 1.78 bits per heavy atom. The van der Waals surface area contributed by atoms with Crippen molar-refractivity contribution in [3.8, 4) is 22.7 Å². The van der Waals surface area contributed by atoms with Crippen molar-refractivity contribution in [3.63, 3.8) is 0 Å². The van der Waals surface area contributed by atoms with Crippen LogP contribution in [0.3, 0.4) is 0 Å². The fourth-order valence-electron chi connectivity index (χ4n) is 3.87. The molecule has 7 heteroatoms. The number of amides is 1. The number of nitrogens with one attached hydrogen (secondary N) is 1. The molecule has 0 saturated heterocycles. The van der Waals surface area contributed by atoms with Crippen LogP contribution in [0, 0.1) is 13.8 Å². The molecule has 0 spiro atoms. The fraction of sp³-hybridized carbons (Fsp3) is 0.103. The van der Waals surface area contributed by atoms with Gasteiger partial charge in [0.05, 0.1) is 12.2 Å². The first kappa shape index (κ1) is 23.0. The van der Waals surface area contributed by atoms with Gasteiger partial charge in [-0.25, -0.2) is 0 Å². The quantitative estimate of drug-likeness (QED) is 0.296. The van der Waals surface area contributed by atoms with Gasteiger partial charge in [-0.15, -0.1) is 10.2 Å². The van der Waals surface area contributed by atoms with E-state index in [1.165, 1.54) is 18.0 Å². The number of aromatic nitrogens is 4. The minimum Gasteiger partial charge on any atom is -0.423 e. The Kier molecular flexibility index (Phi) is 6.53. The number of benzene rings is 3. The molecule has 0 radical (unpaired) electrons. The van der Waals surface area contributed by atoms with Gasteiger partial charge in [-0.2, -0.15) is 5.10 Å². The lowest BCUT2D eigenvalue weighted by Crippen LogP contribution is -2.09. The van der Waals surface area contributed by atoms with Gasteiger partial charge in [0.15, 0.2) is 0 Å². The average molecular weight is 476 g/mol. The number of nitrogens with zero attached hydrogens (tertiary/aromatic N) is 4. The summed E-state index contributed by atoms with van der Waals surface area (Å²) in [6.45, 7) is 4.62. The average Bonchev–Trinajstić information content (AvgIpc) is 3.56. The van der Waals surface area contributed by atoms with Crippen LogP contribution in [-0.4, -0.2) is 25.9 Å². The maximum absolute atomic E-state index is 12.8. The SMILES string of the molecule is Cc1ccc(-c2nn(Cc3ccccc3)cc2C=CC(=O)Nc2cc(-c3nnco3)ccc2C)cc1. The highest BCUT2D eigenvalue weighted by Crippen LogP contribution is 2.26. The molecule has 5 aromatic rings. The van der Waals surface area contributed by atoms with Gasteiger partial charge in [-0.05, 0) is 43.2 Å². The van der Waals surface area contributed by atoms with Crippen molar-refractivity contribution in [2.45, 2.75) is 20.4 Å². The van der Waals surface area contributed by atoms with E-state index in [4.69, 9.17) is 9.52 Å². The summed E-state index contributed by atoms with van der Waals surface area (Å²) in [4.78, 5) is 12.8. The molecule has 0 atom stereocenters. The van der Waals surface area contributed by atoms with Gasteiger partial charge in [0, 0.05) is 34.7 Å². The van der Waals surface area contributed by atoms with Gasteiger partial charge in [0.2, 0.25) is 18.2 Å². The normalized spacial score (nSPS) is 11.2. The summed E-state index contributed by atoms with van der Waals surface area (Å²) in [7, 11) is 0. The Morgan fingerprint density at radius 3 is 2.53 bits per heavy atom. The lowest BCUT2D eigenvalue weighted by Gasteiger charge is -2.07. The summed E-state index contributed by atoms with van der Waals surface area (Å²) in [5.74, 6) is 0.154. The molecule has 0 saturated carbocycles. The highest BCUT2D eigenvalue weighted by atomic mass is 16.4. The molecule has 7 nitrogen and oxygen atoms in total. The van der Waals surface area contributed by atoms with Crippen LogP contribution in [0.15, 0.2) is 95.9 Å². The van der Waals surface area contributed by atoms with Crippen molar-refractivity contribution in [1.82, 2.24) is 20.0 Å². The van der Waals surface area contributed by atoms with Crippen LogP contribution >= 0.6 is 0 Å². The summed E-state index contributed by atoms with van der Waals surface area (Å²) < 4.78 is 7.18. The summed E-state index contributed by atoms with van der Waals surface area (Å²) >= 11 is 0. The molecule has 0 aliphatic rings. The second-order valence-corrected chi connectivity index (χ2v) is 8.58. The lowest BCUT2D eigenvalue weighted by atomic mass is 10.1. The molecule has 5 rings (SSSR count). The number of hydrogen-bond acceptors (Lipinski definition) is 5. The molecule has 0 fully saturated rings.